The van der Waals surface area contributed by atoms with E-state index in [1.54, 1.807) is 0 Å². The maximum atomic E-state index is 10.7. The molecule has 0 amide bonds. The van der Waals surface area contributed by atoms with E-state index in [0.717, 1.165) is 25.5 Å². The number of hydrogen-bond acceptors (Lipinski definition) is 2. The molecule has 0 rings (SSSR count). The number of carbonyl (C=O) groups is 1. The Bertz CT molecular complexity index is 168. The predicted octanol–water partition coefficient (Wildman–Crippen LogP) is 2.69. The van der Waals surface area contributed by atoms with E-state index in [4.69, 9.17) is 0 Å². The summed E-state index contributed by atoms with van der Waals surface area (Å²) in [4.78, 5) is 10.7. The first kappa shape index (κ1) is 13.4. The third-order valence-corrected chi connectivity index (χ3v) is 2.69. The lowest BCUT2D eigenvalue weighted by atomic mass is 9.96. The number of rotatable bonds is 9. The third-order valence-electron chi connectivity index (χ3n) is 2.69. The van der Waals surface area contributed by atoms with Gasteiger partial charge in [0.05, 0.1) is 5.54 Å². The summed E-state index contributed by atoms with van der Waals surface area (Å²) in [6.45, 7) is 5.64. The molecule has 0 aromatic rings. The molecule has 0 bridgehead atoms. The van der Waals surface area contributed by atoms with Crippen LogP contribution in [0.25, 0.3) is 0 Å². The van der Waals surface area contributed by atoms with Gasteiger partial charge in [0.25, 0.3) is 0 Å². The molecule has 0 radical (unpaired) electrons. The van der Waals surface area contributed by atoms with E-state index >= 15 is 0 Å². The quantitative estimate of drug-likeness (QED) is 0.350. The van der Waals surface area contributed by atoms with Crippen molar-refractivity contribution >= 4 is 6.29 Å². The van der Waals surface area contributed by atoms with Crippen LogP contribution in [0.3, 0.4) is 0 Å². The molecule has 0 unspecified atom stereocenters. The number of aldehydes is 1. The topological polar surface area (TPSA) is 29.1 Å². The van der Waals surface area contributed by atoms with Gasteiger partial charge >= 0.3 is 0 Å². The number of likely N-dealkylation sites (N-methyl/N-ethyl adjacent to an activating group) is 1. The lowest BCUT2D eigenvalue weighted by molar-refractivity contribution is -0.112. The highest BCUT2D eigenvalue weighted by molar-refractivity contribution is 5.63. The molecule has 0 aliphatic rings. The summed E-state index contributed by atoms with van der Waals surface area (Å²) in [5, 5.41) is 3.05. The van der Waals surface area contributed by atoms with E-state index in [0.29, 0.717) is 0 Å². The Kier molecular flexibility index (Phi) is 7.40. The number of hydrogen-bond donors (Lipinski definition) is 1. The fourth-order valence-corrected chi connectivity index (χ4v) is 1.38. The van der Waals surface area contributed by atoms with Crippen LogP contribution in [-0.4, -0.2) is 18.9 Å². The van der Waals surface area contributed by atoms with Crippen LogP contribution in [0.15, 0.2) is 12.7 Å². The molecule has 0 saturated carbocycles. The molecule has 1 atom stereocenters. The van der Waals surface area contributed by atoms with Gasteiger partial charge in [-0.25, -0.2) is 0 Å². The molecular weight excluding hydrogens is 174 g/mol. The molecule has 1 N–H and O–H groups in total. The van der Waals surface area contributed by atoms with Gasteiger partial charge in [-0.15, -0.1) is 6.58 Å². The Morgan fingerprint density at radius 3 is 2.43 bits per heavy atom. The summed E-state index contributed by atoms with van der Waals surface area (Å²) < 4.78 is 0. The van der Waals surface area contributed by atoms with Gasteiger partial charge in [-0.3, -0.25) is 0 Å². The standard InChI is InChI=1S/C12H23NO/c1-4-5-6-7-8-9-10-12(2,11-14)13-3/h4,11,13H,1,5-10H2,2-3H3/t12-/m1/s1. The molecule has 0 aromatic heterocycles. The lowest BCUT2D eigenvalue weighted by Gasteiger charge is -2.21. The Labute approximate surface area is 87.8 Å². The molecular formula is C12H23NO. The van der Waals surface area contributed by atoms with Crippen LogP contribution in [0, 0.1) is 0 Å². The number of unbranched alkanes of at least 4 members (excludes halogenated alkanes) is 4. The van der Waals surface area contributed by atoms with Gasteiger partial charge in [0.2, 0.25) is 0 Å². The first-order valence-corrected chi connectivity index (χ1v) is 5.44. The number of carbonyl (C=O) groups excluding carboxylic acids is 1. The maximum Gasteiger partial charge on any atom is 0.139 e. The zero-order valence-corrected chi connectivity index (χ0v) is 9.51. The second kappa shape index (κ2) is 7.74. The summed E-state index contributed by atoms with van der Waals surface area (Å²) >= 11 is 0. The van der Waals surface area contributed by atoms with E-state index < -0.39 is 0 Å². The van der Waals surface area contributed by atoms with Crippen molar-refractivity contribution in [3.63, 3.8) is 0 Å². The summed E-state index contributed by atoms with van der Waals surface area (Å²) in [5.41, 5.74) is -0.321. The van der Waals surface area contributed by atoms with Crippen LogP contribution >= 0.6 is 0 Å². The molecule has 0 fully saturated rings. The third kappa shape index (κ3) is 5.92. The Hall–Kier alpha value is -0.630. The summed E-state index contributed by atoms with van der Waals surface area (Å²) in [6, 6.07) is 0. The summed E-state index contributed by atoms with van der Waals surface area (Å²) in [6.07, 6.45) is 9.80. The molecule has 14 heavy (non-hydrogen) atoms. The van der Waals surface area contributed by atoms with E-state index in [-0.39, 0.29) is 5.54 Å². The van der Waals surface area contributed by atoms with Gasteiger partial charge in [-0.2, -0.15) is 0 Å². The van der Waals surface area contributed by atoms with Crippen molar-refractivity contribution in [2.75, 3.05) is 7.05 Å². The largest absolute Gasteiger partial charge is 0.308 e. The first-order valence-electron chi connectivity index (χ1n) is 5.44. The normalized spacial score (nSPS) is 14.7. The Balaban J connectivity index is 3.42. The lowest BCUT2D eigenvalue weighted by Crippen LogP contribution is -2.41. The second-order valence-corrected chi connectivity index (χ2v) is 4.03. The van der Waals surface area contributed by atoms with Crippen molar-refractivity contribution in [2.24, 2.45) is 0 Å². The SMILES string of the molecule is C=CCCCCCC[C@](C)(C=O)NC. The van der Waals surface area contributed by atoms with Crippen molar-refractivity contribution in [3.05, 3.63) is 12.7 Å². The summed E-state index contributed by atoms with van der Waals surface area (Å²) in [7, 11) is 1.84. The minimum Gasteiger partial charge on any atom is -0.308 e. The number of nitrogens with one attached hydrogen (secondary N) is 1. The monoisotopic (exact) mass is 197 g/mol. The molecule has 0 saturated heterocycles. The predicted molar refractivity (Wildman–Crippen MR) is 61.4 cm³/mol. The molecule has 82 valence electrons. The second-order valence-electron chi connectivity index (χ2n) is 4.03. The first-order chi connectivity index (χ1) is 6.68. The zero-order valence-electron chi connectivity index (χ0n) is 9.51. The van der Waals surface area contributed by atoms with Crippen molar-refractivity contribution in [1.82, 2.24) is 5.32 Å². The minimum atomic E-state index is -0.321. The fraction of sp³-hybridized carbons (Fsp3) is 0.750. The average molecular weight is 197 g/mol. The minimum absolute atomic E-state index is 0.321. The van der Waals surface area contributed by atoms with Crippen LogP contribution in [0.2, 0.25) is 0 Å². The van der Waals surface area contributed by atoms with Gasteiger partial charge in [0.1, 0.15) is 6.29 Å². The molecule has 0 aliphatic carbocycles. The molecule has 0 aliphatic heterocycles. The Morgan fingerprint density at radius 1 is 1.29 bits per heavy atom. The van der Waals surface area contributed by atoms with E-state index in [2.05, 4.69) is 11.9 Å². The van der Waals surface area contributed by atoms with E-state index in [1.165, 1.54) is 19.3 Å². The highest BCUT2D eigenvalue weighted by Gasteiger charge is 2.19. The van der Waals surface area contributed by atoms with Gasteiger partial charge < -0.3 is 10.1 Å². The van der Waals surface area contributed by atoms with Crippen LogP contribution in [0.1, 0.15) is 45.4 Å². The van der Waals surface area contributed by atoms with Crippen molar-refractivity contribution < 1.29 is 4.79 Å². The van der Waals surface area contributed by atoms with Crippen LogP contribution in [0.4, 0.5) is 0 Å². The highest BCUT2D eigenvalue weighted by atomic mass is 16.1. The molecule has 0 spiro atoms. The highest BCUT2D eigenvalue weighted by Crippen LogP contribution is 2.13. The van der Waals surface area contributed by atoms with Crippen LogP contribution in [0.5, 0.6) is 0 Å². The number of allylic oxidation sites excluding steroid dienone is 1. The van der Waals surface area contributed by atoms with E-state index in [9.17, 15) is 4.79 Å². The molecule has 2 nitrogen and oxygen atoms in total. The zero-order chi connectivity index (χ0) is 10.9. The van der Waals surface area contributed by atoms with Gasteiger partial charge in [-0.05, 0) is 33.2 Å². The van der Waals surface area contributed by atoms with Crippen molar-refractivity contribution in [2.45, 2.75) is 51.0 Å². The van der Waals surface area contributed by atoms with Gasteiger partial charge in [0.15, 0.2) is 0 Å². The molecule has 0 heterocycles. The van der Waals surface area contributed by atoms with Crippen molar-refractivity contribution in [3.8, 4) is 0 Å². The van der Waals surface area contributed by atoms with Crippen LogP contribution < -0.4 is 5.32 Å². The molecule has 0 aromatic carbocycles. The Morgan fingerprint density at radius 2 is 1.93 bits per heavy atom. The fourth-order valence-electron chi connectivity index (χ4n) is 1.38. The van der Waals surface area contributed by atoms with E-state index in [1.807, 2.05) is 20.0 Å². The van der Waals surface area contributed by atoms with Gasteiger partial charge in [-0.1, -0.05) is 25.3 Å². The molecule has 2 heteroatoms. The van der Waals surface area contributed by atoms with Crippen molar-refractivity contribution in [1.29, 1.82) is 0 Å². The smallest absolute Gasteiger partial charge is 0.139 e. The maximum absolute atomic E-state index is 10.7. The average Bonchev–Trinajstić information content (AvgIpc) is 2.23. The van der Waals surface area contributed by atoms with Gasteiger partial charge in [0, 0.05) is 0 Å². The summed E-state index contributed by atoms with van der Waals surface area (Å²) in [5.74, 6) is 0. The van der Waals surface area contributed by atoms with Crippen LogP contribution in [-0.2, 0) is 4.79 Å².